The summed E-state index contributed by atoms with van der Waals surface area (Å²) in [6.07, 6.45) is 1.60. The normalized spacial score (nSPS) is 10.4. The molecule has 0 radical (unpaired) electrons. The van der Waals surface area contributed by atoms with Gasteiger partial charge in [-0.05, 0) is 30.3 Å². The summed E-state index contributed by atoms with van der Waals surface area (Å²) in [6.45, 7) is 1.91. The Morgan fingerprint density at radius 1 is 1.06 bits per heavy atom. The molecular weight excluding hydrogens is 236 g/mol. The minimum Gasteiger partial charge on any atom is -0.397 e. The Hall–Kier alpha value is -2.02. The van der Waals surface area contributed by atoms with Crippen molar-refractivity contribution >= 4 is 29.1 Å². The van der Waals surface area contributed by atoms with E-state index < -0.39 is 0 Å². The monoisotopic (exact) mass is 248 g/mol. The molecule has 0 saturated heterocycles. The molecule has 88 valence electrons. The Morgan fingerprint density at radius 2 is 1.71 bits per heavy atom. The second-order valence-corrected chi connectivity index (χ2v) is 4.47. The van der Waals surface area contributed by atoms with Crippen molar-refractivity contribution in [2.75, 3.05) is 17.2 Å². The molecule has 0 atom stereocenters. The molecule has 0 aliphatic carbocycles. The first-order valence-electron chi connectivity index (χ1n) is 4.84. The van der Waals surface area contributed by atoms with Crippen molar-refractivity contribution in [3.63, 3.8) is 0 Å². The lowest BCUT2D eigenvalue weighted by molar-refractivity contribution is 0.976. The molecule has 0 aromatic carbocycles. The molecular formula is C10H12N6S. The van der Waals surface area contributed by atoms with Crippen LogP contribution in [0.15, 0.2) is 28.5 Å². The molecule has 7 heteroatoms. The zero-order chi connectivity index (χ0) is 12.4. The van der Waals surface area contributed by atoms with Crippen LogP contribution in [0, 0.1) is 6.92 Å². The predicted molar refractivity (Wildman–Crippen MR) is 68.4 cm³/mol. The van der Waals surface area contributed by atoms with E-state index in [2.05, 4.69) is 15.0 Å². The Kier molecular flexibility index (Phi) is 3.01. The van der Waals surface area contributed by atoms with Crippen LogP contribution in [-0.2, 0) is 0 Å². The summed E-state index contributed by atoms with van der Waals surface area (Å²) < 4.78 is 0. The molecule has 0 saturated carbocycles. The maximum absolute atomic E-state index is 5.69. The van der Waals surface area contributed by atoms with Gasteiger partial charge in [-0.25, -0.2) is 15.0 Å². The van der Waals surface area contributed by atoms with Crippen molar-refractivity contribution in [2.24, 2.45) is 0 Å². The Morgan fingerprint density at radius 3 is 2.29 bits per heavy atom. The number of aryl methyl sites for hydroxylation is 1. The van der Waals surface area contributed by atoms with Gasteiger partial charge in [-0.1, -0.05) is 0 Å². The van der Waals surface area contributed by atoms with Gasteiger partial charge in [-0.15, -0.1) is 0 Å². The van der Waals surface area contributed by atoms with E-state index in [4.69, 9.17) is 17.2 Å². The van der Waals surface area contributed by atoms with E-state index in [1.165, 1.54) is 17.8 Å². The summed E-state index contributed by atoms with van der Waals surface area (Å²) in [4.78, 5) is 12.3. The SMILES string of the molecule is Cc1cc(Sc2nc(N)cc(N)n2)ncc1N. The number of nitrogens with two attached hydrogens (primary N) is 3. The fourth-order valence-corrected chi connectivity index (χ4v) is 2.03. The van der Waals surface area contributed by atoms with Crippen molar-refractivity contribution in [1.82, 2.24) is 15.0 Å². The summed E-state index contributed by atoms with van der Waals surface area (Å²) in [5, 5.41) is 1.22. The van der Waals surface area contributed by atoms with E-state index >= 15 is 0 Å². The van der Waals surface area contributed by atoms with Gasteiger partial charge in [0, 0.05) is 6.07 Å². The molecule has 0 spiro atoms. The van der Waals surface area contributed by atoms with Gasteiger partial charge in [0.1, 0.15) is 16.7 Å². The van der Waals surface area contributed by atoms with Crippen LogP contribution in [0.4, 0.5) is 17.3 Å². The molecule has 17 heavy (non-hydrogen) atoms. The number of hydrogen-bond acceptors (Lipinski definition) is 7. The first kappa shape index (κ1) is 11.5. The fraction of sp³-hybridized carbons (Fsp3) is 0.100. The number of pyridine rings is 1. The van der Waals surface area contributed by atoms with Crippen LogP contribution >= 0.6 is 11.8 Å². The van der Waals surface area contributed by atoms with Crippen LogP contribution in [0.25, 0.3) is 0 Å². The van der Waals surface area contributed by atoms with E-state index in [1.807, 2.05) is 13.0 Å². The van der Waals surface area contributed by atoms with Gasteiger partial charge in [-0.3, -0.25) is 0 Å². The van der Waals surface area contributed by atoms with Gasteiger partial charge in [0.15, 0.2) is 5.16 Å². The third kappa shape index (κ3) is 2.76. The van der Waals surface area contributed by atoms with Crippen LogP contribution < -0.4 is 17.2 Å². The molecule has 0 bridgehead atoms. The van der Waals surface area contributed by atoms with Crippen LogP contribution in [0.3, 0.4) is 0 Å². The van der Waals surface area contributed by atoms with Gasteiger partial charge in [-0.2, -0.15) is 0 Å². The molecule has 6 N–H and O–H groups in total. The topological polar surface area (TPSA) is 117 Å². The quantitative estimate of drug-likeness (QED) is 0.680. The molecule has 2 aromatic rings. The average Bonchev–Trinajstić information content (AvgIpc) is 2.22. The highest BCUT2D eigenvalue weighted by Crippen LogP contribution is 2.25. The summed E-state index contributed by atoms with van der Waals surface area (Å²) in [6, 6.07) is 3.37. The first-order valence-corrected chi connectivity index (χ1v) is 5.66. The van der Waals surface area contributed by atoms with Gasteiger partial charge >= 0.3 is 0 Å². The zero-order valence-corrected chi connectivity index (χ0v) is 10.0. The number of aromatic nitrogens is 3. The van der Waals surface area contributed by atoms with Crippen LogP contribution in [0.5, 0.6) is 0 Å². The second-order valence-electron chi connectivity index (χ2n) is 3.48. The largest absolute Gasteiger partial charge is 0.397 e. The lowest BCUT2D eigenvalue weighted by Gasteiger charge is -2.04. The Balaban J connectivity index is 2.28. The van der Waals surface area contributed by atoms with Gasteiger partial charge in [0.2, 0.25) is 0 Å². The lowest BCUT2D eigenvalue weighted by Crippen LogP contribution is -1.99. The molecule has 0 amide bonds. The second kappa shape index (κ2) is 4.46. The maximum atomic E-state index is 5.69. The summed E-state index contributed by atoms with van der Waals surface area (Å²) in [5.74, 6) is 0.680. The van der Waals surface area contributed by atoms with Crippen LogP contribution in [0.1, 0.15) is 5.56 Å². The molecule has 0 unspecified atom stereocenters. The van der Waals surface area contributed by atoms with Crippen LogP contribution in [0.2, 0.25) is 0 Å². The third-order valence-corrected chi connectivity index (χ3v) is 2.86. The van der Waals surface area contributed by atoms with Gasteiger partial charge in [0.05, 0.1) is 11.9 Å². The molecule has 2 aromatic heterocycles. The standard InChI is InChI=1S/C10H12N6S/c1-5-2-9(14-4-6(5)11)17-10-15-7(12)3-8(13)16-10/h2-4H,11H2,1H3,(H4,12,13,15,16). The summed E-state index contributed by atoms with van der Waals surface area (Å²) >= 11 is 1.29. The molecule has 0 aliphatic rings. The van der Waals surface area contributed by atoms with Crippen molar-refractivity contribution in [1.29, 1.82) is 0 Å². The summed E-state index contributed by atoms with van der Waals surface area (Å²) in [7, 11) is 0. The lowest BCUT2D eigenvalue weighted by atomic mass is 10.3. The van der Waals surface area contributed by atoms with Crippen LogP contribution in [-0.4, -0.2) is 15.0 Å². The highest BCUT2D eigenvalue weighted by atomic mass is 32.2. The maximum Gasteiger partial charge on any atom is 0.197 e. The molecule has 0 fully saturated rings. The van der Waals surface area contributed by atoms with E-state index in [-0.39, 0.29) is 0 Å². The molecule has 2 rings (SSSR count). The average molecular weight is 248 g/mol. The van der Waals surface area contributed by atoms with E-state index in [1.54, 1.807) is 6.20 Å². The Labute approximate surface area is 103 Å². The smallest absolute Gasteiger partial charge is 0.197 e. The van der Waals surface area contributed by atoms with E-state index in [0.29, 0.717) is 22.5 Å². The zero-order valence-electron chi connectivity index (χ0n) is 9.21. The third-order valence-electron chi connectivity index (χ3n) is 2.07. The highest BCUT2D eigenvalue weighted by molar-refractivity contribution is 7.99. The van der Waals surface area contributed by atoms with E-state index in [0.717, 1.165) is 10.6 Å². The summed E-state index contributed by atoms with van der Waals surface area (Å²) in [5.41, 5.74) is 18.5. The number of anilines is 3. The predicted octanol–water partition coefficient (Wildman–Crippen LogP) is 1.08. The first-order chi connectivity index (χ1) is 8.04. The van der Waals surface area contributed by atoms with Crippen molar-refractivity contribution in [3.05, 3.63) is 23.9 Å². The van der Waals surface area contributed by atoms with Crippen molar-refractivity contribution in [3.8, 4) is 0 Å². The minimum absolute atomic E-state index is 0.340. The number of rotatable bonds is 2. The highest BCUT2D eigenvalue weighted by Gasteiger charge is 2.05. The van der Waals surface area contributed by atoms with Crippen molar-refractivity contribution < 1.29 is 0 Å². The van der Waals surface area contributed by atoms with Crippen molar-refractivity contribution in [2.45, 2.75) is 17.1 Å². The van der Waals surface area contributed by atoms with E-state index in [9.17, 15) is 0 Å². The Bertz CT molecular complexity index is 536. The van der Waals surface area contributed by atoms with Gasteiger partial charge in [0.25, 0.3) is 0 Å². The number of nitrogen functional groups attached to an aromatic ring is 3. The molecule has 2 heterocycles. The minimum atomic E-state index is 0.340. The fourth-order valence-electron chi connectivity index (χ4n) is 1.20. The molecule has 6 nitrogen and oxygen atoms in total. The molecule has 0 aliphatic heterocycles. The number of nitrogens with zero attached hydrogens (tertiary/aromatic N) is 3. The number of hydrogen-bond donors (Lipinski definition) is 3. The van der Waals surface area contributed by atoms with Gasteiger partial charge < -0.3 is 17.2 Å².